The van der Waals surface area contributed by atoms with Crippen molar-refractivity contribution in [2.45, 2.75) is 34.1 Å². The summed E-state index contributed by atoms with van der Waals surface area (Å²) in [6.07, 6.45) is 4.87. The molecule has 0 atom stereocenters. The summed E-state index contributed by atoms with van der Waals surface area (Å²) in [7, 11) is 1.96. The molecule has 3 N–H and O–H groups in total. The summed E-state index contributed by atoms with van der Waals surface area (Å²) in [5, 5.41) is 9.67. The van der Waals surface area contributed by atoms with Crippen LogP contribution in [0.3, 0.4) is 0 Å². The van der Waals surface area contributed by atoms with Gasteiger partial charge in [0.25, 0.3) is 0 Å². The number of rotatable bonds is 9. The zero-order valence-electron chi connectivity index (χ0n) is 12.1. The second-order valence-electron chi connectivity index (χ2n) is 3.17. The van der Waals surface area contributed by atoms with Gasteiger partial charge in [0.15, 0.2) is 0 Å². The second kappa shape index (κ2) is 17.5. The molecule has 0 radical (unpaired) electrons. The molecule has 4 heteroatoms. The van der Waals surface area contributed by atoms with Gasteiger partial charge in [-0.2, -0.15) is 0 Å². The van der Waals surface area contributed by atoms with Crippen LogP contribution in [0.5, 0.6) is 0 Å². The predicted molar refractivity (Wildman–Crippen MR) is 78.7 cm³/mol. The molecule has 0 aromatic heterocycles. The summed E-state index contributed by atoms with van der Waals surface area (Å²) in [5.41, 5.74) is 0. The molecule has 0 saturated carbocycles. The molecule has 0 amide bonds. The Hall–Kier alpha value is -0.870. The molecule has 0 aromatic carbocycles. The van der Waals surface area contributed by atoms with E-state index in [-0.39, 0.29) is 0 Å². The van der Waals surface area contributed by atoms with Crippen LogP contribution in [0.15, 0.2) is 16.9 Å². The topological polar surface area (TPSA) is 48.5 Å². The minimum absolute atomic E-state index is 0.907. The number of hydrogen-bond acceptors (Lipinski definition) is 4. The highest BCUT2D eigenvalue weighted by molar-refractivity contribution is 5.58. The van der Waals surface area contributed by atoms with Crippen LogP contribution >= 0.6 is 0 Å². The van der Waals surface area contributed by atoms with Gasteiger partial charge in [0.2, 0.25) is 0 Å². The Labute approximate surface area is 107 Å². The average molecular weight is 242 g/mol. The molecule has 0 saturated heterocycles. The maximum Gasteiger partial charge on any atom is 0.121 e. The number of hydrogen-bond donors (Lipinski definition) is 3. The van der Waals surface area contributed by atoms with Gasteiger partial charge in [-0.15, -0.1) is 0 Å². The van der Waals surface area contributed by atoms with Crippen LogP contribution in [0, 0.1) is 0 Å². The molecule has 102 valence electrons. The van der Waals surface area contributed by atoms with E-state index in [1.165, 1.54) is 0 Å². The maximum absolute atomic E-state index is 4.28. The molecule has 0 spiro atoms. The Morgan fingerprint density at radius 2 is 1.76 bits per heavy atom. The molecular formula is C13H30N4. The first kappa shape index (κ1) is 18.5. The molecule has 0 aliphatic carbocycles. The molecule has 0 fully saturated rings. The maximum atomic E-state index is 4.28. The second-order valence-corrected chi connectivity index (χ2v) is 3.17. The van der Waals surface area contributed by atoms with E-state index in [0.717, 1.165) is 38.4 Å². The summed E-state index contributed by atoms with van der Waals surface area (Å²) >= 11 is 0. The third-order valence-electron chi connectivity index (χ3n) is 1.85. The van der Waals surface area contributed by atoms with Gasteiger partial charge in [0, 0.05) is 32.4 Å². The van der Waals surface area contributed by atoms with Crippen molar-refractivity contribution in [3.63, 3.8) is 0 Å². The molecule has 0 bridgehead atoms. The fraction of sp³-hybridized carbons (Fsp3) is 0.769. The van der Waals surface area contributed by atoms with Crippen molar-refractivity contribution < 1.29 is 0 Å². The smallest absolute Gasteiger partial charge is 0.121 e. The molecular weight excluding hydrogens is 212 g/mol. The van der Waals surface area contributed by atoms with Gasteiger partial charge in [-0.3, -0.25) is 0 Å². The van der Waals surface area contributed by atoms with Crippen LogP contribution in [-0.2, 0) is 0 Å². The van der Waals surface area contributed by atoms with Crippen molar-refractivity contribution in [2.75, 3.05) is 33.2 Å². The fourth-order valence-electron chi connectivity index (χ4n) is 1.03. The lowest BCUT2D eigenvalue weighted by atomic mass is 10.5. The first-order chi connectivity index (χ1) is 8.35. The van der Waals surface area contributed by atoms with E-state index in [1.807, 2.05) is 40.1 Å². The Morgan fingerprint density at radius 3 is 2.29 bits per heavy atom. The first-order valence-corrected chi connectivity index (χ1v) is 6.63. The van der Waals surface area contributed by atoms with E-state index in [4.69, 9.17) is 0 Å². The summed E-state index contributed by atoms with van der Waals surface area (Å²) in [4.78, 5) is 4.28. The first-order valence-electron chi connectivity index (χ1n) is 6.63. The third-order valence-corrected chi connectivity index (χ3v) is 1.85. The molecule has 0 aromatic rings. The lowest BCUT2D eigenvalue weighted by molar-refractivity contribution is 0.626. The van der Waals surface area contributed by atoms with Gasteiger partial charge in [-0.05, 0) is 26.5 Å². The highest BCUT2D eigenvalue weighted by Crippen LogP contribution is 1.89. The van der Waals surface area contributed by atoms with Crippen molar-refractivity contribution in [3.05, 3.63) is 11.9 Å². The summed E-state index contributed by atoms with van der Waals surface area (Å²) in [5.74, 6) is 0.951. The van der Waals surface area contributed by atoms with Gasteiger partial charge in [0.05, 0.1) is 0 Å². The van der Waals surface area contributed by atoms with Crippen molar-refractivity contribution >= 4 is 6.21 Å². The number of allylic oxidation sites excluding steroid dienone is 1. The van der Waals surface area contributed by atoms with Crippen molar-refractivity contribution in [3.8, 4) is 0 Å². The Bertz CT molecular complexity index is 188. The quantitative estimate of drug-likeness (QED) is 0.426. The van der Waals surface area contributed by atoms with Crippen LogP contribution in [0.2, 0.25) is 0 Å². The van der Waals surface area contributed by atoms with Crippen LogP contribution in [-0.4, -0.2) is 39.4 Å². The van der Waals surface area contributed by atoms with Crippen LogP contribution in [0.1, 0.15) is 34.1 Å². The molecule has 0 aliphatic rings. The molecule has 4 nitrogen and oxygen atoms in total. The van der Waals surface area contributed by atoms with Crippen molar-refractivity contribution in [1.82, 2.24) is 16.0 Å². The van der Waals surface area contributed by atoms with Gasteiger partial charge in [0.1, 0.15) is 5.82 Å². The average Bonchev–Trinajstić information content (AvgIpc) is 2.39. The predicted octanol–water partition coefficient (Wildman–Crippen LogP) is 1.75. The van der Waals surface area contributed by atoms with E-state index in [0.29, 0.717) is 0 Å². The van der Waals surface area contributed by atoms with E-state index < -0.39 is 0 Å². The zero-order chi connectivity index (χ0) is 13.4. The Kier molecular flexibility index (Phi) is 19.1. The summed E-state index contributed by atoms with van der Waals surface area (Å²) in [6.45, 7) is 11.9. The molecule has 17 heavy (non-hydrogen) atoms. The minimum Gasteiger partial charge on any atom is -0.369 e. The standard InChI is InChI=1S/C11H24N4.C2H6/c1-4-6-14-11(5-2)15-10-9-13-8-7-12-3;1-2/h5-6,12-13,15H,4,7-10H2,1-3H3;1-2H3/b11-5+,14-6-;. The van der Waals surface area contributed by atoms with E-state index in [9.17, 15) is 0 Å². The van der Waals surface area contributed by atoms with Crippen LogP contribution in [0.4, 0.5) is 0 Å². The minimum atomic E-state index is 0.907. The number of likely N-dealkylation sites (N-methyl/N-ethyl adjacent to an activating group) is 1. The molecule has 0 heterocycles. The number of nitrogens with zero attached hydrogens (tertiary/aromatic N) is 1. The Morgan fingerprint density at radius 1 is 1.12 bits per heavy atom. The van der Waals surface area contributed by atoms with Gasteiger partial charge in [-0.25, -0.2) is 4.99 Å². The van der Waals surface area contributed by atoms with E-state index in [2.05, 4.69) is 27.9 Å². The van der Waals surface area contributed by atoms with Crippen molar-refractivity contribution in [2.24, 2.45) is 4.99 Å². The van der Waals surface area contributed by atoms with Crippen molar-refractivity contribution in [1.29, 1.82) is 0 Å². The van der Waals surface area contributed by atoms with E-state index in [1.54, 1.807) is 0 Å². The zero-order valence-corrected chi connectivity index (χ0v) is 12.1. The fourth-order valence-corrected chi connectivity index (χ4v) is 1.03. The van der Waals surface area contributed by atoms with Gasteiger partial charge < -0.3 is 16.0 Å². The summed E-state index contributed by atoms with van der Waals surface area (Å²) in [6, 6.07) is 0. The SMILES string of the molecule is C/C=C(\N=C/CC)NCCNCCNC.CC. The van der Waals surface area contributed by atoms with E-state index >= 15 is 0 Å². The van der Waals surface area contributed by atoms with Crippen LogP contribution < -0.4 is 16.0 Å². The highest BCUT2D eigenvalue weighted by atomic mass is 15.0. The monoisotopic (exact) mass is 242 g/mol. The highest BCUT2D eigenvalue weighted by Gasteiger charge is 1.90. The molecule has 0 unspecified atom stereocenters. The van der Waals surface area contributed by atoms with Crippen LogP contribution in [0.25, 0.3) is 0 Å². The largest absolute Gasteiger partial charge is 0.369 e. The lowest BCUT2D eigenvalue weighted by Gasteiger charge is -2.07. The Balaban J connectivity index is 0. The normalized spacial score (nSPS) is 11.2. The van der Waals surface area contributed by atoms with Gasteiger partial charge >= 0.3 is 0 Å². The summed E-state index contributed by atoms with van der Waals surface area (Å²) < 4.78 is 0. The number of nitrogens with one attached hydrogen (secondary N) is 3. The number of aliphatic imine (C=N–C) groups is 1. The lowest BCUT2D eigenvalue weighted by Crippen LogP contribution is -2.31. The van der Waals surface area contributed by atoms with Gasteiger partial charge in [-0.1, -0.05) is 20.8 Å². The third kappa shape index (κ3) is 15.1. The molecule has 0 aliphatic heterocycles. The molecule has 0 rings (SSSR count).